The summed E-state index contributed by atoms with van der Waals surface area (Å²) < 4.78 is 0. The van der Waals surface area contributed by atoms with Crippen molar-refractivity contribution in [3.05, 3.63) is 29.8 Å². The van der Waals surface area contributed by atoms with Gasteiger partial charge in [-0.3, -0.25) is 4.79 Å². The number of piperidine rings is 1. The van der Waals surface area contributed by atoms with Crippen molar-refractivity contribution in [2.45, 2.75) is 25.9 Å². The van der Waals surface area contributed by atoms with Crippen LogP contribution in [0.15, 0.2) is 24.3 Å². The third-order valence-corrected chi connectivity index (χ3v) is 3.52. The summed E-state index contributed by atoms with van der Waals surface area (Å²) >= 11 is 0. The lowest BCUT2D eigenvalue weighted by atomic mass is 9.96. The van der Waals surface area contributed by atoms with Gasteiger partial charge in [-0.25, -0.2) is 0 Å². The lowest BCUT2D eigenvalue weighted by Crippen LogP contribution is -2.45. The maximum absolute atomic E-state index is 12.1. The second-order valence-corrected chi connectivity index (χ2v) is 5.09. The fourth-order valence-corrected chi connectivity index (χ4v) is 2.35. The van der Waals surface area contributed by atoms with Gasteiger partial charge in [0.05, 0.1) is 12.5 Å². The minimum atomic E-state index is -0.276. The Kier molecular flexibility index (Phi) is 3.87. The molecule has 2 rings (SSSR count). The number of hydrogen-bond donors (Lipinski definition) is 2. The van der Waals surface area contributed by atoms with Crippen LogP contribution in [0.1, 0.15) is 18.9 Å². The van der Waals surface area contributed by atoms with Gasteiger partial charge in [-0.1, -0.05) is 19.1 Å². The number of nitrogen functional groups attached to an aromatic ring is 1. The van der Waals surface area contributed by atoms with Crippen molar-refractivity contribution in [2.24, 2.45) is 5.92 Å². The molecule has 1 aromatic carbocycles. The van der Waals surface area contributed by atoms with E-state index in [1.54, 1.807) is 0 Å². The summed E-state index contributed by atoms with van der Waals surface area (Å²) in [5.41, 5.74) is 7.32. The fraction of sp³-hybridized carbons (Fsp3) is 0.500. The van der Waals surface area contributed by atoms with Crippen molar-refractivity contribution >= 4 is 11.6 Å². The predicted octanol–water partition coefficient (Wildman–Crippen LogP) is 1.04. The molecule has 1 aliphatic heterocycles. The number of hydrogen-bond acceptors (Lipinski definition) is 3. The minimum absolute atomic E-state index is 0.111. The zero-order valence-electron chi connectivity index (χ0n) is 10.7. The molecule has 4 heteroatoms. The third kappa shape index (κ3) is 3.01. The van der Waals surface area contributed by atoms with Gasteiger partial charge in [-0.05, 0) is 30.0 Å². The molecule has 2 unspecified atom stereocenters. The summed E-state index contributed by atoms with van der Waals surface area (Å²) in [6.45, 7) is 3.26. The van der Waals surface area contributed by atoms with Gasteiger partial charge in [0.25, 0.3) is 0 Å². The normalized spacial score (nSPS) is 24.0. The molecular weight excluding hydrogens is 228 g/mol. The Bertz CT molecular complexity index is 434. The first-order chi connectivity index (χ1) is 8.56. The van der Waals surface area contributed by atoms with Gasteiger partial charge in [-0.2, -0.15) is 0 Å². The number of likely N-dealkylation sites (tertiary alicyclic amines) is 1. The van der Waals surface area contributed by atoms with Gasteiger partial charge in [-0.15, -0.1) is 0 Å². The molecule has 4 nitrogen and oxygen atoms in total. The quantitative estimate of drug-likeness (QED) is 0.769. The number of aliphatic hydroxyl groups is 1. The SMILES string of the molecule is CC1CN(C(=O)Cc2cccc(N)c2)CCC1O. The van der Waals surface area contributed by atoms with Crippen LogP contribution >= 0.6 is 0 Å². The number of amides is 1. The second kappa shape index (κ2) is 5.40. The monoisotopic (exact) mass is 248 g/mol. The van der Waals surface area contributed by atoms with E-state index in [4.69, 9.17) is 5.73 Å². The lowest BCUT2D eigenvalue weighted by molar-refractivity contribution is -0.133. The first kappa shape index (κ1) is 12.9. The maximum atomic E-state index is 12.1. The van der Waals surface area contributed by atoms with E-state index in [-0.39, 0.29) is 17.9 Å². The molecule has 0 saturated carbocycles. The van der Waals surface area contributed by atoms with Gasteiger partial charge in [0.1, 0.15) is 0 Å². The van der Waals surface area contributed by atoms with Gasteiger partial charge >= 0.3 is 0 Å². The van der Waals surface area contributed by atoms with Crippen molar-refractivity contribution < 1.29 is 9.90 Å². The molecule has 1 fully saturated rings. The molecule has 3 N–H and O–H groups in total. The van der Waals surface area contributed by atoms with Crippen LogP contribution in [-0.4, -0.2) is 35.1 Å². The minimum Gasteiger partial charge on any atom is -0.399 e. The molecule has 2 atom stereocenters. The molecule has 1 amide bonds. The van der Waals surface area contributed by atoms with Crippen molar-refractivity contribution in [1.29, 1.82) is 0 Å². The van der Waals surface area contributed by atoms with E-state index in [0.29, 0.717) is 31.6 Å². The molecule has 0 spiro atoms. The van der Waals surface area contributed by atoms with Gasteiger partial charge in [0, 0.05) is 18.8 Å². The number of carbonyl (C=O) groups is 1. The highest BCUT2D eigenvalue weighted by atomic mass is 16.3. The van der Waals surface area contributed by atoms with Crippen LogP contribution < -0.4 is 5.73 Å². The van der Waals surface area contributed by atoms with E-state index in [0.717, 1.165) is 5.56 Å². The summed E-state index contributed by atoms with van der Waals surface area (Å²) in [5, 5.41) is 9.65. The van der Waals surface area contributed by atoms with Crippen LogP contribution in [0.3, 0.4) is 0 Å². The van der Waals surface area contributed by atoms with E-state index in [9.17, 15) is 9.90 Å². The Morgan fingerprint density at radius 2 is 2.33 bits per heavy atom. The number of nitrogens with zero attached hydrogens (tertiary/aromatic N) is 1. The summed E-state index contributed by atoms with van der Waals surface area (Å²) in [5.74, 6) is 0.267. The smallest absolute Gasteiger partial charge is 0.227 e. The Morgan fingerprint density at radius 1 is 1.56 bits per heavy atom. The van der Waals surface area contributed by atoms with Crippen LogP contribution in [0.2, 0.25) is 0 Å². The molecule has 98 valence electrons. The number of benzene rings is 1. The topological polar surface area (TPSA) is 66.6 Å². The molecule has 0 aliphatic carbocycles. The standard InChI is InChI=1S/C14H20N2O2/c1-10-9-16(6-5-13(10)17)14(18)8-11-3-2-4-12(15)7-11/h2-4,7,10,13,17H,5-6,8-9,15H2,1H3. The molecule has 1 heterocycles. The van der Waals surface area contributed by atoms with E-state index < -0.39 is 0 Å². The molecule has 0 aromatic heterocycles. The largest absolute Gasteiger partial charge is 0.399 e. The summed E-state index contributed by atoms with van der Waals surface area (Å²) in [6.07, 6.45) is 0.777. The predicted molar refractivity (Wildman–Crippen MR) is 70.9 cm³/mol. The molecular formula is C14H20N2O2. The van der Waals surface area contributed by atoms with E-state index in [1.165, 1.54) is 0 Å². The number of nitrogens with two attached hydrogens (primary N) is 1. The molecule has 0 radical (unpaired) electrons. The zero-order valence-corrected chi connectivity index (χ0v) is 10.7. The molecule has 1 aliphatic rings. The van der Waals surface area contributed by atoms with E-state index >= 15 is 0 Å². The van der Waals surface area contributed by atoms with Crippen LogP contribution in [0, 0.1) is 5.92 Å². The second-order valence-electron chi connectivity index (χ2n) is 5.09. The number of anilines is 1. The summed E-state index contributed by atoms with van der Waals surface area (Å²) in [7, 11) is 0. The number of rotatable bonds is 2. The summed E-state index contributed by atoms with van der Waals surface area (Å²) in [4.78, 5) is 14.0. The van der Waals surface area contributed by atoms with Crippen molar-refractivity contribution in [3.63, 3.8) is 0 Å². The average molecular weight is 248 g/mol. The van der Waals surface area contributed by atoms with Crippen molar-refractivity contribution in [1.82, 2.24) is 4.90 Å². The van der Waals surface area contributed by atoms with E-state index in [1.807, 2.05) is 36.1 Å². The highest BCUT2D eigenvalue weighted by Gasteiger charge is 2.26. The van der Waals surface area contributed by atoms with Crippen molar-refractivity contribution in [3.8, 4) is 0 Å². The van der Waals surface area contributed by atoms with Gasteiger partial charge in [0.15, 0.2) is 0 Å². The molecule has 1 aromatic rings. The van der Waals surface area contributed by atoms with Gasteiger partial charge in [0.2, 0.25) is 5.91 Å². The molecule has 18 heavy (non-hydrogen) atoms. The third-order valence-electron chi connectivity index (χ3n) is 3.52. The van der Waals surface area contributed by atoms with Crippen molar-refractivity contribution in [2.75, 3.05) is 18.8 Å². The Balaban J connectivity index is 1.96. The van der Waals surface area contributed by atoms with Gasteiger partial charge < -0.3 is 15.7 Å². The fourth-order valence-electron chi connectivity index (χ4n) is 2.35. The zero-order chi connectivity index (χ0) is 13.1. The Hall–Kier alpha value is -1.55. The molecule has 1 saturated heterocycles. The van der Waals surface area contributed by atoms with Crippen LogP contribution in [0.4, 0.5) is 5.69 Å². The first-order valence-electron chi connectivity index (χ1n) is 6.36. The average Bonchev–Trinajstić information content (AvgIpc) is 2.32. The van der Waals surface area contributed by atoms with Crippen LogP contribution in [0.5, 0.6) is 0 Å². The van der Waals surface area contributed by atoms with E-state index in [2.05, 4.69) is 0 Å². The Morgan fingerprint density at radius 3 is 3.00 bits per heavy atom. The lowest BCUT2D eigenvalue weighted by Gasteiger charge is -2.34. The summed E-state index contributed by atoms with van der Waals surface area (Å²) in [6, 6.07) is 7.42. The Labute approximate surface area is 107 Å². The number of aliphatic hydroxyl groups excluding tert-OH is 1. The highest BCUT2D eigenvalue weighted by Crippen LogP contribution is 2.18. The van der Waals surface area contributed by atoms with Crippen LogP contribution in [0.25, 0.3) is 0 Å². The maximum Gasteiger partial charge on any atom is 0.227 e. The first-order valence-corrected chi connectivity index (χ1v) is 6.36. The highest BCUT2D eigenvalue weighted by molar-refractivity contribution is 5.79. The van der Waals surface area contributed by atoms with Crippen LogP contribution in [-0.2, 0) is 11.2 Å². The molecule has 0 bridgehead atoms. The number of carbonyl (C=O) groups excluding carboxylic acids is 1.